The summed E-state index contributed by atoms with van der Waals surface area (Å²) in [6.07, 6.45) is 7.81. The summed E-state index contributed by atoms with van der Waals surface area (Å²) in [6.45, 7) is 0.325. The van der Waals surface area contributed by atoms with E-state index in [1.165, 1.54) is 32.1 Å². The van der Waals surface area contributed by atoms with Crippen LogP contribution in [0.2, 0.25) is 0 Å². The van der Waals surface area contributed by atoms with E-state index in [1.807, 2.05) is 24.3 Å². The van der Waals surface area contributed by atoms with Crippen molar-refractivity contribution < 1.29 is 19.1 Å². The van der Waals surface area contributed by atoms with E-state index in [9.17, 15) is 9.59 Å². The summed E-state index contributed by atoms with van der Waals surface area (Å²) in [7, 11) is 0. The molecule has 0 heterocycles. The van der Waals surface area contributed by atoms with Gasteiger partial charge in [-0.05, 0) is 54.8 Å². The average molecular weight is 489 g/mol. The van der Waals surface area contributed by atoms with Gasteiger partial charge in [-0.1, -0.05) is 54.1 Å². The molecule has 1 aliphatic carbocycles. The number of amides is 2. The van der Waals surface area contributed by atoms with Gasteiger partial charge in [0.05, 0.1) is 6.61 Å². The fourth-order valence-electron chi connectivity index (χ4n) is 3.65. The Bertz CT molecular complexity index is 851. The van der Waals surface area contributed by atoms with Crippen molar-refractivity contribution >= 4 is 39.1 Å². The molecule has 0 aromatic heterocycles. The lowest BCUT2D eigenvalue weighted by Gasteiger charge is -2.21. The van der Waals surface area contributed by atoms with Crippen LogP contribution < -0.4 is 15.4 Å². The Hall–Kier alpha value is -2.38. The number of rotatable bonds is 10. The zero-order chi connectivity index (χ0) is 21.9. The number of ether oxygens (including phenoxy) is 2. The third kappa shape index (κ3) is 8.71. The molecule has 1 aliphatic rings. The highest BCUT2D eigenvalue weighted by Gasteiger charge is 2.13. The molecule has 2 amide bonds. The summed E-state index contributed by atoms with van der Waals surface area (Å²) < 4.78 is 11.9. The number of hydrogen-bond donors (Lipinski definition) is 2. The van der Waals surface area contributed by atoms with E-state index in [2.05, 4.69) is 26.6 Å². The van der Waals surface area contributed by atoms with E-state index in [0.717, 1.165) is 29.2 Å². The second kappa shape index (κ2) is 12.5. The molecular formula is C24H29BrN2O4. The van der Waals surface area contributed by atoms with Crippen LogP contribution in [0.25, 0.3) is 0 Å². The van der Waals surface area contributed by atoms with Crippen LogP contribution in [-0.4, -0.2) is 31.6 Å². The Balaban J connectivity index is 1.31. The smallest absolute Gasteiger partial charge is 0.250 e. The first kappa shape index (κ1) is 23.3. The van der Waals surface area contributed by atoms with E-state index >= 15 is 0 Å². The molecule has 3 rings (SSSR count). The van der Waals surface area contributed by atoms with Crippen molar-refractivity contribution in [2.75, 3.05) is 30.5 Å². The highest BCUT2D eigenvalue weighted by molar-refractivity contribution is 9.10. The minimum absolute atomic E-state index is 0.201. The van der Waals surface area contributed by atoms with Crippen LogP contribution in [0.4, 0.5) is 11.4 Å². The van der Waals surface area contributed by atoms with Gasteiger partial charge in [0.1, 0.15) is 19.0 Å². The second-order valence-corrected chi connectivity index (χ2v) is 8.68. The van der Waals surface area contributed by atoms with Crippen LogP contribution >= 0.6 is 15.9 Å². The molecule has 0 spiro atoms. The molecule has 1 saturated carbocycles. The number of carbonyl (C=O) groups is 2. The van der Waals surface area contributed by atoms with Crippen LogP contribution in [0.1, 0.15) is 38.5 Å². The summed E-state index contributed by atoms with van der Waals surface area (Å²) in [5.41, 5.74) is 1.32. The number of nitrogens with one attached hydrogen (secondary N) is 2. The predicted octanol–water partition coefficient (Wildman–Crippen LogP) is 5.39. The monoisotopic (exact) mass is 488 g/mol. The minimum Gasteiger partial charge on any atom is -0.494 e. The van der Waals surface area contributed by atoms with Gasteiger partial charge >= 0.3 is 0 Å². The molecule has 166 valence electrons. The van der Waals surface area contributed by atoms with Gasteiger partial charge in [0, 0.05) is 15.8 Å². The number of hydrogen-bond acceptors (Lipinski definition) is 4. The van der Waals surface area contributed by atoms with Crippen molar-refractivity contribution in [3.63, 3.8) is 0 Å². The molecule has 2 aromatic carbocycles. The Morgan fingerprint density at radius 1 is 0.903 bits per heavy atom. The molecule has 0 saturated heterocycles. The van der Waals surface area contributed by atoms with Crippen molar-refractivity contribution in [1.29, 1.82) is 0 Å². The van der Waals surface area contributed by atoms with Crippen molar-refractivity contribution in [3.05, 3.63) is 53.0 Å². The van der Waals surface area contributed by atoms with E-state index < -0.39 is 0 Å². The molecule has 2 aromatic rings. The molecule has 0 unspecified atom stereocenters. The maximum atomic E-state index is 12.0. The van der Waals surface area contributed by atoms with Crippen LogP contribution in [0.5, 0.6) is 5.75 Å². The van der Waals surface area contributed by atoms with Crippen molar-refractivity contribution in [2.24, 2.45) is 5.92 Å². The maximum absolute atomic E-state index is 12.0. The van der Waals surface area contributed by atoms with Gasteiger partial charge in [-0.15, -0.1) is 0 Å². The lowest BCUT2D eigenvalue weighted by Crippen LogP contribution is -2.23. The summed E-state index contributed by atoms with van der Waals surface area (Å²) in [5, 5.41) is 5.46. The van der Waals surface area contributed by atoms with E-state index in [-0.39, 0.29) is 25.0 Å². The molecule has 0 atom stereocenters. The molecule has 31 heavy (non-hydrogen) atoms. The zero-order valence-corrected chi connectivity index (χ0v) is 19.2. The highest BCUT2D eigenvalue weighted by atomic mass is 79.9. The van der Waals surface area contributed by atoms with Crippen LogP contribution in [0.15, 0.2) is 53.0 Å². The zero-order valence-electron chi connectivity index (χ0n) is 17.6. The van der Waals surface area contributed by atoms with Crippen LogP contribution in [0, 0.1) is 5.92 Å². The molecule has 0 aliphatic heterocycles. The normalized spacial score (nSPS) is 14.1. The van der Waals surface area contributed by atoms with E-state index in [1.54, 1.807) is 24.3 Å². The quantitative estimate of drug-likeness (QED) is 0.469. The topological polar surface area (TPSA) is 76.7 Å². The first-order valence-corrected chi connectivity index (χ1v) is 11.5. The Labute approximate surface area is 191 Å². The van der Waals surface area contributed by atoms with Crippen LogP contribution in [0.3, 0.4) is 0 Å². The summed E-state index contributed by atoms with van der Waals surface area (Å²) in [4.78, 5) is 23.9. The third-order valence-electron chi connectivity index (χ3n) is 5.23. The summed E-state index contributed by atoms with van der Waals surface area (Å²) >= 11 is 3.34. The lowest BCUT2D eigenvalue weighted by molar-refractivity contribution is -0.125. The molecule has 2 N–H and O–H groups in total. The van der Waals surface area contributed by atoms with Crippen molar-refractivity contribution in [2.45, 2.75) is 38.5 Å². The van der Waals surface area contributed by atoms with Gasteiger partial charge in [-0.2, -0.15) is 0 Å². The number of halogens is 1. The van der Waals surface area contributed by atoms with Gasteiger partial charge in [-0.3, -0.25) is 9.59 Å². The molecule has 1 fully saturated rings. The Kier molecular flexibility index (Phi) is 9.37. The second-order valence-electron chi connectivity index (χ2n) is 7.77. The predicted molar refractivity (Wildman–Crippen MR) is 125 cm³/mol. The number of carbonyl (C=O) groups excluding carboxylic acids is 2. The van der Waals surface area contributed by atoms with Crippen molar-refractivity contribution in [1.82, 2.24) is 0 Å². The highest BCUT2D eigenvalue weighted by Crippen LogP contribution is 2.26. The third-order valence-corrected chi connectivity index (χ3v) is 5.73. The summed E-state index contributed by atoms with van der Waals surface area (Å²) in [6, 6.07) is 14.5. The van der Waals surface area contributed by atoms with Crippen molar-refractivity contribution in [3.8, 4) is 5.75 Å². The number of anilines is 2. The maximum Gasteiger partial charge on any atom is 0.250 e. The lowest BCUT2D eigenvalue weighted by atomic mass is 9.87. The van der Waals surface area contributed by atoms with Crippen LogP contribution in [-0.2, 0) is 14.3 Å². The Morgan fingerprint density at radius 2 is 1.58 bits per heavy atom. The fraction of sp³-hybridized carbons (Fsp3) is 0.417. The summed E-state index contributed by atoms with van der Waals surface area (Å²) in [5.74, 6) is 0.958. The van der Waals surface area contributed by atoms with E-state index in [0.29, 0.717) is 11.4 Å². The number of benzene rings is 2. The molecule has 0 bridgehead atoms. The molecule has 6 nitrogen and oxygen atoms in total. The first-order valence-electron chi connectivity index (χ1n) is 10.7. The fourth-order valence-corrected chi connectivity index (χ4v) is 4.05. The van der Waals surface area contributed by atoms with E-state index in [4.69, 9.17) is 9.47 Å². The largest absolute Gasteiger partial charge is 0.494 e. The van der Waals surface area contributed by atoms with Gasteiger partial charge in [-0.25, -0.2) is 0 Å². The van der Waals surface area contributed by atoms with Gasteiger partial charge in [0.25, 0.3) is 0 Å². The van der Waals surface area contributed by atoms with Gasteiger partial charge in [0.2, 0.25) is 11.8 Å². The first-order chi connectivity index (χ1) is 15.1. The SMILES string of the molecule is O=C(COCC(=O)Nc1cccc(Br)c1)Nc1ccc(OCCC2CCCCC2)cc1. The molecule has 7 heteroatoms. The van der Waals surface area contributed by atoms with Gasteiger partial charge in [0.15, 0.2) is 0 Å². The minimum atomic E-state index is -0.319. The average Bonchev–Trinajstić information content (AvgIpc) is 2.76. The van der Waals surface area contributed by atoms with Gasteiger partial charge < -0.3 is 20.1 Å². The molecule has 0 radical (unpaired) electrons. The molecular weight excluding hydrogens is 460 g/mol. The Morgan fingerprint density at radius 3 is 2.26 bits per heavy atom. The standard InChI is InChI=1S/C24H29BrN2O4/c25-19-7-4-8-21(15-19)27-24(29)17-30-16-23(28)26-20-9-11-22(12-10-20)31-14-13-18-5-2-1-3-6-18/h4,7-12,15,18H,1-3,5-6,13-14,16-17H2,(H,26,28)(H,27,29).